The largest absolute Gasteiger partial charge is 0.359 e. The molecular formula is C10H14N2S. The third kappa shape index (κ3) is 1.98. The van der Waals surface area contributed by atoms with Gasteiger partial charge in [0.2, 0.25) is 0 Å². The molecule has 0 aliphatic carbocycles. The highest BCUT2D eigenvalue weighted by atomic mass is 32.1. The standard InChI is InChI=1S/C8H8N2S.C2H6/c1-5-4-6-2-3-9-7(6)8(11)10-5;1-2/h2-4,9H,1H3,(H,10,11);1-2H3. The maximum Gasteiger partial charge on any atom is 0.127 e. The molecule has 2 aromatic rings. The monoisotopic (exact) mass is 194 g/mol. The maximum atomic E-state index is 5.11. The van der Waals surface area contributed by atoms with E-state index in [9.17, 15) is 0 Å². The molecule has 2 nitrogen and oxygen atoms in total. The number of hydrogen-bond donors (Lipinski definition) is 2. The molecule has 2 heterocycles. The van der Waals surface area contributed by atoms with Gasteiger partial charge in [-0.25, -0.2) is 0 Å². The van der Waals surface area contributed by atoms with Crippen LogP contribution in [0.25, 0.3) is 10.9 Å². The van der Waals surface area contributed by atoms with E-state index in [4.69, 9.17) is 12.2 Å². The fourth-order valence-electron chi connectivity index (χ4n) is 1.21. The lowest BCUT2D eigenvalue weighted by molar-refractivity contribution is 1.20. The number of nitrogens with one attached hydrogen (secondary N) is 2. The van der Waals surface area contributed by atoms with E-state index in [-0.39, 0.29) is 0 Å². The Bertz CT molecular complexity index is 439. The lowest BCUT2D eigenvalue weighted by Gasteiger charge is -1.93. The molecule has 70 valence electrons. The molecule has 0 bridgehead atoms. The van der Waals surface area contributed by atoms with E-state index in [1.165, 1.54) is 5.39 Å². The fraction of sp³-hybridized carbons (Fsp3) is 0.300. The van der Waals surface area contributed by atoms with Gasteiger partial charge in [0, 0.05) is 17.3 Å². The maximum absolute atomic E-state index is 5.11. The first-order valence-electron chi connectivity index (χ1n) is 4.44. The summed E-state index contributed by atoms with van der Waals surface area (Å²) in [5.41, 5.74) is 2.12. The average molecular weight is 194 g/mol. The van der Waals surface area contributed by atoms with Crippen molar-refractivity contribution in [2.45, 2.75) is 20.8 Å². The summed E-state index contributed by atoms with van der Waals surface area (Å²) in [5.74, 6) is 0. The van der Waals surface area contributed by atoms with Crippen LogP contribution in [0, 0.1) is 11.6 Å². The van der Waals surface area contributed by atoms with Gasteiger partial charge >= 0.3 is 0 Å². The zero-order valence-electron chi connectivity index (χ0n) is 8.14. The lowest BCUT2D eigenvalue weighted by atomic mass is 10.3. The Labute approximate surface area is 83.0 Å². The molecule has 0 unspecified atom stereocenters. The number of hydrogen-bond acceptors (Lipinski definition) is 1. The summed E-state index contributed by atoms with van der Waals surface area (Å²) in [6.45, 7) is 6.00. The number of rotatable bonds is 0. The predicted octanol–water partition coefficient (Wildman–Crippen LogP) is 3.56. The van der Waals surface area contributed by atoms with Crippen molar-refractivity contribution in [1.82, 2.24) is 9.97 Å². The molecule has 0 spiro atoms. The molecule has 0 aromatic carbocycles. The van der Waals surface area contributed by atoms with Crippen LogP contribution in [-0.4, -0.2) is 9.97 Å². The molecular weight excluding hydrogens is 180 g/mol. The van der Waals surface area contributed by atoms with Gasteiger partial charge in [-0.05, 0) is 19.1 Å². The lowest BCUT2D eigenvalue weighted by Crippen LogP contribution is -1.81. The van der Waals surface area contributed by atoms with Gasteiger partial charge in [-0.15, -0.1) is 0 Å². The molecule has 0 saturated carbocycles. The van der Waals surface area contributed by atoms with Crippen molar-refractivity contribution in [2.24, 2.45) is 0 Å². The van der Waals surface area contributed by atoms with Crippen molar-refractivity contribution in [3.8, 4) is 0 Å². The number of aromatic amines is 2. The normalized spacial score (nSPS) is 9.46. The molecule has 13 heavy (non-hydrogen) atoms. The highest BCUT2D eigenvalue weighted by Gasteiger charge is 1.95. The summed E-state index contributed by atoms with van der Waals surface area (Å²) in [7, 11) is 0. The Hall–Kier alpha value is -1.09. The highest BCUT2D eigenvalue weighted by molar-refractivity contribution is 7.71. The Morgan fingerprint density at radius 2 is 2.00 bits per heavy atom. The van der Waals surface area contributed by atoms with Gasteiger partial charge in [0.15, 0.2) is 0 Å². The van der Waals surface area contributed by atoms with E-state index in [0.717, 1.165) is 15.9 Å². The van der Waals surface area contributed by atoms with Gasteiger partial charge in [0.05, 0.1) is 5.52 Å². The quantitative estimate of drug-likeness (QED) is 0.617. The summed E-state index contributed by atoms with van der Waals surface area (Å²) in [6.07, 6.45) is 1.90. The molecule has 0 radical (unpaired) electrons. The average Bonchev–Trinajstić information content (AvgIpc) is 2.55. The second kappa shape index (κ2) is 4.23. The van der Waals surface area contributed by atoms with Gasteiger partial charge in [0.25, 0.3) is 0 Å². The first-order valence-corrected chi connectivity index (χ1v) is 4.85. The SMILES string of the molecule is CC.Cc1cc2cc[nH]c2c(=S)[nH]1. The van der Waals surface area contributed by atoms with Gasteiger partial charge in [-0.3, -0.25) is 0 Å². The highest BCUT2D eigenvalue weighted by Crippen LogP contribution is 2.12. The summed E-state index contributed by atoms with van der Waals surface area (Å²) < 4.78 is 0.782. The van der Waals surface area contributed by atoms with E-state index in [2.05, 4.69) is 16.0 Å². The fourth-order valence-corrected chi connectivity index (χ4v) is 1.55. The van der Waals surface area contributed by atoms with E-state index in [1.54, 1.807) is 0 Å². The molecule has 2 rings (SSSR count). The number of H-pyrrole nitrogens is 2. The number of pyridine rings is 1. The van der Waals surface area contributed by atoms with E-state index in [1.807, 2.05) is 33.0 Å². The number of aryl methyl sites for hydroxylation is 1. The summed E-state index contributed by atoms with van der Waals surface area (Å²) >= 11 is 5.11. The first kappa shape index (κ1) is 9.99. The van der Waals surface area contributed by atoms with Crippen molar-refractivity contribution >= 4 is 23.1 Å². The molecule has 2 aromatic heterocycles. The summed E-state index contributed by atoms with van der Waals surface area (Å²) in [4.78, 5) is 6.16. The molecule has 0 saturated heterocycles. The third-order valence-electron chi connectivity index (χ3n) is 1.69. The second-order valence-corrected chi connectivity index (χ2v) is 3.00. The first-order chi connectivity index (χ1) is 6.27. The van der Waals surface area contributed by atoms with Crippen LogP contribution < -0.4 is 0 Å². The van der Waals surface area contributed by atoms with Crippen molar-refractivity contribution in [3.63, 3.8) is 0 Å². The number of fused-ring (bicyclic) bond motifs is 1. The van der Waals surface area contributed by atoms with Gasteiger partial charge in [0.1, 0.15) is 4.64 Å². The zero-order chi connectivity index (χ0) is 9.84. The summed E-state index contributed by atoms with van der Waals surface area (Å²) in [6, 6.07) is 4.09. The Kier molecular flexibility index (Phi) is 3.25. The molecule has 0 aliphatic heterocycles. The predicted molar refractivity (Wildman–Crippen MR) is 59.6 cm³/mol. The van der Waals surface area contributed by atoms with Gasteiger partial charge < -0.3 is 9.97 Å². The smallest absolute Gasteiger partial charge is 0.127 e. The van der Waals surface area contributed by atoms with E-state index in [0.29, 0.717) is 0 Å². The molecule has 0 atom stereocenters. The van der Waals surface area contributed by atoms with Crippen molar-refractivity contribution in [3.05, 3.63) is 28.7 Å². The van der Waals surface area contributed by atoms with Crippen LogP contribution >= 0.6 is 12.2 Å². The molecule has 2 N–H and O–H groups in total. The van der Waals surface area contributed by atoms with Crippen LogP contribution in [0.1, 0.15) is 19.5 Å². The third-order valence-corrected chi connectivity index (χ3v) is 2.00. The van der Waals surface area contributed by atoms with Crippen LogP contribution in [0.3, 0.4) is 0 Å². The van der Waals surface area contributed by atoms with Crippen molar-refractivity contribution < 1.29 is 0 Å². The van der Waals surface area contributed by atoms with Crippen LogP contribution in [0.5, 0.6) is 0 Å². The summed E-state index contributed by atoms with van der Waals surface area (Å²) in [5, 5.41) is 1.17. The van der Waals surface area contributed by atoms with Crippen LogP contribution in [0.2, 0.25) is 0 Å². The Morgan fingerprint density at radius 1 is 1.31 bits per heavy atom. The zero-order valence-corrected chi connectivity index (χ0v) is 8.96. The Morgan fingerprint density at radius 3 is 2.69 bits per heavy atom. The molecule has 3 heteroatoms. The minimum absolute atomic E-state index is 0.782. The number of aromatic nitrogens is 2. The topological polar surface area (TPSA) is 31.6 Å². The van der Waals surface area contributed by atoms with Crippen LogP contribution in [0.4, 0.5) is 0 Å². The van der Waals surface area contributed by atoms with Crippen LogP contribution in [-0.2, 0) is 0 Å². The minimum atomic E-state index is 0.782. The van der Waals surface area contributed by atoms with E-state index >= 15 is 0 Å². The molecule has 0 aliphatic rings. The van der Waals surface area contributed by atoms with Gasteiger partial charge in [-0.2, -0.15) is 0 Å². The van der Waals surface area contributed by atoms with Crippen molar-refractivity contribution in [1.29, 1.82) is 0 Å². The van der Waals surface area contributed by atoms with Crippen molar-refractivity contribution in [2.75, 3.05) is 0 Å². The van der Waals surface area contributed by atoms with Gasteiger partial charge in [-0.1, -0.05) is 26.1 Å². The van der Waals surface area contributed by atoms with E-state index < -0.39 is 0 Å². The Balaban J connectivity index is 0.000000396. The second-order valence-electron chi connectivity index (χ2n) is 2.59. The minimum Gasteiger partial charge on any atom is -0.359 e. The van der Waals surface area contributed by atoms with Crippen LogP contribution in [0.15, 0.2) is 18.3 Å². The molecule has 0 fully saturated rings. The molecule has 0 amide bonds.